The Hall–Kier alpha value is -1.86. The Balaban J connectivity index is 1.99. The molecule has 2 aliphatic heterocycles. The van der Waals surface area contributed by atoms with Gasteiger partial charge in [-0.25, -0.2) is 4.79 Å². The van der Waals surface area contributed by atoms with Crippen molar-refractivity contribution in [3.8, 4) is 0 Å². The molecule has 1 fully saturated rings. The molecule has 0 saturated carbocycles. The molecule has 2 heterocycles. The average molecular weight is 292 g/mol. The number of carboxylic acids is 1. The van der Waals surface area contributed by atoms with E-state index in [0.717, 1.165) is 10.7 Å². The minimum atomic E-state index is -1.19. The van der Waals surface area contributed by atoms with E-state index in [1.165, 1.54) is 11.8 Å². The molecule has 2 amide bonds. The van der Waals surface area contributed by atoms with Gasteiger partial charge < -0.3 is 10.4 Å². The summed E-state index contributed by atoms with van der Waals surface area (Å²) in [6, 6.07) is 5.22. The van der Waals surface area contributed by atoms with Crippen molar-refractivity contribution in [1.29, 1.82) is 0 Å². The molecule has 104 valence electrons. The van der Waals surface area contributed by atoms with Gasteiger partial charge in [0, 0.05) is 12.3 Å². The van der Waals surface area contributed by atoms with Gasteiger partial charge in [0.15, 0.2) is 6.04 Å². The molecule has 2 aliphatic rings. The Labute approximate surface area is 119 Å². The molecule has 1 aromatic carbocycles. The highest BCUT2D eigenvalue weighted by Crippen LogP contribution is 2.29. The van der Waals surface area contributed by atoms with Crippen LogP contribution in [0.25, 0.3) is 0 Å². The second-order valence-corrected chi connectivity index (χ2v) is 5.80. The first-order chi connectivity index (χ1) is 9.61. The normalized spacial score (nSPS) is 23.0. The first kappa shape index (κ1) is 13.1. The first-order valence-corrected chi connectivity index (χ1v) is 7.21. The SMILES string of the molecule is O=C(O)[C@H](C1NCCS1)N1C(=O)c2ccccc2C1=O. The molecule has 1 saturated heterocycles. The predicted molar refractivity (Wildman–Crippen MR) is 72.6 cm³/mol. The van der Waals surface area contributed by atoms with Crippen LogP contribution in [0.4, 0.5) is 0 Å². The highest BCUT2D eigenvalue weighted by atomic mass is 32.2. The van der Waals surface area contributed by atoms with E-state index in [2.05, 4.69) is 5.32 Å². The van der Waals surface area contributed by atoms with Crippen LogP contribution >= 0.6 is 11.8 Å². The molecule has 0 bridgehead atoms. The minimum Gasteiger partial charge on any atom is -0.480 e. The van der Waals surface area contributed by atoms with Crippen molar-refractivity contribution in [2.24, 2.45) is 0 Å². The summed E-state index contributed by atoms with van der Waals surface area (Å²) in [5.74, 6) is -1.48. The molecule has 6 nitrogen and oxygen atoms in total. The molecule has 1 unspecified atom stereocenters. The van der Waals surface area contributed by atoms with Gasteiger partial charge in [0.2, 0.25) is 0 Å². The third-order valence-electron chi connectivity index (χ3n) is 3.39. The summed E-state index contributed by atoms with van der Waals surface area (Å²) in [4.78, 5) is 37.0. The number of hydrogen-bond acceptors (Lipinski definition) is 5. The van der Waals surface area contributed by atoms with E-state index >= 15 is 0 Å². The van der Waals surface area contributed by atoms with Gasteiger partial charge in [0.25, 0.3) is 11.8 Å². The molecule has 20 heavy (non-hydrogen) atoms. The molecule has 0 aromatic heterocycles. The van der Waals surface area contributed by atoms with Crippen molar-refractivity contribution >= 4 is 29.5 Å². The van der Waals surface area contributed by atoms with E-state index in [1.807, 2.05) is 0 Å². The van der Waals surface area contributed by atoms with Gasteiger partial charge in [0.05, 0.1) is 16.5 Å². The van der Waals surface area contributed by atoms with Crippen LogP contribution in [-0.4, -0.2) is 51.5 Å². The number of thioether (sulfide) groups is 1. The van der Waals surface area contributed by atoms with Gasteiger partial charge in [-0.05, 0) is 12.1 Å². The number of hydrogen-bond donors (Lipinski definition) is 2. The van der Waals surface area contributed by atoms with Gasteiger partial charge in [-0.2, -0.15) is 0 Å². The maximum atomic E-state index is 12.3. The van der Waals surface area contributed by atoms with Gasteiger partial charge in [-0.3, -0.25) is 14.5 Å². The second kappa shape index (κ2) is 4.92. The van der Waals surface area contributed by atoms with Crippen molar-refractivity contribution in [1.82, 2.24) is 10.2 Å². The third-order valence-corrected chi connectivity index (χ3v) is 4.61. The van der Waals surface area contributed by atoms with Crippen LogP contribution in [0, 0.1) is 0 Å². The molecule has 1 aromatic rings. The summed E-state index contributed by atoms with van der Waals surface area (Å²) in [6.45, 7) is 0.669. The zero-order chi connectivity index (χ0) is 14.3. The molecule has 0 spiro atoms. The predicted octanol–water partition coefficient (Wildman–Crippen LogP) is 0.398. The molecule has 0 aliphatic carbocycles. The van der Waals surface area contributed by atoms with Crippen LogP contribution in [0.15, 0.2) is 24.3 Å². The van der Waals surface area contributed by atoms with Gasteiger partial charge in [-0.1, -0.05) is 12.1 Å². The third kappa shape index (κ3) is 1.90. The number of nitrogens with zero attached hydrogens (tertiary/aromatic N) is 1. The van der Waals surface area contributed by atoms with Crippen molar-refractivity contribution < 1.29 is 19.5 Å². The highest BCUT2D eigenvalue weighted by Gasteiger charge is 2.47. The maximum absolute atomic E-state index is 12.3. The summed E-state index contributed by atoms with van der Waals surface area (Å²) >= 11 is 1.41. The molecule has 0 radical (unpaired) electrons. The zero-order valence-electron chi connectivity index (χ0n) is 10.4. The second-order valence-electron chi connectivity index (χ2n) is 4.55. The number of aliphatic carboxylic acids is 1. The Morgan fingerprint density at radius 1 is 1.30 bits per heavy atom. The van der Waals surface area contributed by atoms with Crippen LogP contribution < -0.4 is 5.32 Å². The lowest BCUT2D eigenvalue weighted by Gasteiger charge is -2.26. The number of carbonyl (C=O) groups excluding carboxylic acids is 2. The van der Waals surface area contributed by atoms with Crippen LogP contribution in [0.3, 0.4) is 0 Å². The minimum absolute atomic E-state index is 0.270. The lowest BCUT2D eigenvalue weighted by atomic mass is 10.1. The van der Waals surface area contributed by atoms with E-state index in [1.54, 1.807) is 24.3 Å². The van der Waals surface area contributed by atoms with Gasteiger partial charge in [0.1, 0.15) is 0 Å². The number of rotatable bonds is 3. The summed E-state index contributed by atoms with van der Waals surface area (Å²) in [5, 5.41) is 12.0. The molecule has 3 rings (SSSR count). The number of nitrogens with one attached hydrogen (secondary N) is 1. The smallest absolute Gasteiger partial charge is 0.329 e. The van der Waals surface area contributed by atoms with E-state index in [0.29, 0.717) is 6.54 Å². The summed E-state index contributed by atoms with van der Waals surface area (Å²) in [5.41, 5.74) is 0.540. The quantitative estimate of drug-likeness (QED) is 0.784. The standard InChI is InChI=1S/C13H12N2O4S/c16-11-7-3-1-2-4-8(7)12(17)15(11)9(13(18)19)10-14-5-6-20-10/h1-4,9-10,14H,5-6H2,(H,18,19)/t9-,10?/m0/s1. The Morgan fingerprint density at radius 3 is 2.35 bits per heavy atom. The first-order valence-electron chi connectivity index (χ1n) is 6.16. The fourth-order valence-electron chi connectivity index (χ4n) is 2.48. The number of imide groups is 1. The fourth-order valence-corrected chi connectivity index (χ4v) is 3.63. The van der Waals surface area contributed by atoms with Crippen LogP contribution in [0.1, 0.15) is 20.7 Å². The topological polar surface area (TPSA) is 86.7 Å². The van der Waals surface area contributed by atoms with Gasteiger partial charge in [-0.15, -0.1) is 11.8 Å². The lowest BCUT2D eigenvalue weighted by molar-refractivity contribution is -0.141. The van der Waals surface area contributed by atoms with Crippen molar-refractivity contribution in [2.75, 3.05) is 12.3 Å². The molecular formula is C13H12N2O4S. The van der Waals surface area contributed by atoms with E-state index in [4.69, 9.17) is 0 Å². The lowest BCUT2D eigenvalue weighted by Crippen LogP contribution is -2.53. The molecule has 2 atom stereocenters. The number of fused-ring (bicyclic) bond motifs is 1. The monoisotopic (exact) mass is 292 g/mol. The van der Waals surface area contributed by atoms with Crippen molar-refractivity contribution in [3.05, 3.63) is 35.4 Å². The van der Waals surface area contributed by atoms with E-state index in [9.17, 15) is 19.5 Å². The van der Waals surface area contributed by atoms with Crippen LogP contribution in [-0.2, 0) is 4.79 Å². The highest BCUT2D eigenvalue weighted by molar-refractivity contribution is 8.00. The Bertz CT molecular complexity index is 563. The molecular weight excluding hydrogens is 280 g/mol. The number of benzene rings is 1. The Kier molecular flexibility index (Phi) is 3.23. The van der Waals surface area contributed by atoms with Crippen molar-refractivity contribution in [2.45, 2.75) is 11.4 Å². The van der Waals surface area contributed by atoms with Crippen LogP contribution in [0.2, 0.25) is 0 Å². The van der Waals surface area contributed by atoms with Gasteiger partial charge >= 0.3 is 5.97 Å². The van der Waals surface area contributed by atoms with E-state index < -0.39 is 29.2 Å². The number of carbonyl (C=O) groups is 3. The van der Waals surface area contributed by atoms with E-state index in [-0.39, 0.29) is 11.1 Å². The van der Waals surface area contributed by atoms with Crippen molar-refractivity contribution in [3.63, 3.8) is 0 Å². The molecule has 7 heteroatoms. The fraction of sp³-hybridized carbons (Fsp3) is 0.308. The maximum Gasteiger partial charge on any atom is 0.329 e. The zero-order valence-corrected chi connectivity index (χ0v) is 11.2. The largest absolute Gasteiger partial charge is 0.480 e. The number of amides is 2. The summed E-state index contributed by atoms with van der Waals surface area (Å²) in [6.07, 6.45) is 0. The Morgan fingerprint density at radius 2 is 1.90 bits per heavy atom. The molecule has 2 N–H and O–H groups in total. The number of carboxylic acid groups (broad SMARTS) is 1. The summed E-state index contributed by atoms with van der Waals surface area (Å²) < 4.78 is 0. The summed E-state index contributed by atoms with van der Waals surface area (Å²) in [7, 11) is 0. The average Bonchev–Trinajstić information content (AvgIpc) is 3.03. The van der Waals surface area contributed by atoms with Crippen LogP contribution in [0.5, 0.6) is 0 Å².